The van der Waals surface area contributed by atoms with E-state index in [0.29, 0.717) is 17.6 Å². The van der Waals surface area contributed by atoms with Crippen LogP contribution in [0.25, 0.3) is 0 Å². The Morgan fingerprint density at radius 1 is 1.21 bits per heavy atom. The summed E-state index contributed by atoms with van der Waals surface area (Å²) in [4.78, 5) is 0. The van der Waals surface area contributed by atoms with Gasteiger partial charge in [0.05, 0.1) is 18.1 Å². The molecule has 0 aliphatic carbocycles. The van der Waals surface area contributed by atoms with Gasteiger partial charge in [0.15, 0.2) is 0 Å². The molecule has 0 atom stereocenters. The summed E-state index contributed by atoms with van der Waals surface area (Å²) in [6.45, 7) is 4.90. The monoisotopic (exact) mass is 296 g/mol. The lowest BCUT2D eigenvalue weighted by Gasteiger charge is -2.04. The Kier molecular flexibility index (Phi) is 4.89. The molecule has 0 bridgehead atoms. The van der Waals surface area contributed by atoms with Crippen molar-refractivity contribution in [1.29, 1.82) is 0 Å². The van der Waals surface area contributed by atoms with Gasteiger partial charge >= 0.3 is 0 Å². The molecule has 0 saturated heterocycles. The van der Waals surface area contributed by atoms with Crippen LogP contribution < -0.4 is 0 Å². The average molecular weight is 297 g/mol. The third-order valence-corrected chi connectivity index (χ3v) is 3.83. The second-order valence-corrected chi connectivity index (χ2v) is 5.37. The highest BCUT2D eigenvalue weighted by Crippen LogP contribution is 2.24. The molecule has 2 aromatic rings. The van der Waals surface area contributed by atoms with Gasteiger partial charge in [0.1, 0.15) is 5.15 Å². The zero-order valence-electron chi connectivity index (χ0n) is 11.3. The first-order valence-corrected chi connectivity index (χ1v) is 7.42. The van der Waals surface area contributed by atoms with Gasteiger partial charge in [-0.1, -0.05) is 54.8 Å². The highest BCUT2D eigenvalue weighted by molar-refractivity contribution is 6.31. The van der Waals surface area contributed by atoms with E-state index in [0.717, 1.165) is 24.1 Å². The Hall–Kier alpha value is -0.990. The predicted octanol–water partition coefficient (Wildman–Crippen LogP) is 4.58. The van der Waals surface area contributed by atoms with Gasteiger partial charge in [-0.2, -0.15) is 5.10 Å². The molecule has 0 aliphatic heterocycles. The van der Waals surface area contributed by atoms with Gasteiger partial charge in [-0.05, 0) is 18.9 Å². The smallest absolute Gasteiger partial charge is 0.132 e. The van der Waals surface area contributed by atoms with E-state index in [9.17, 15) is 0 Å². The number of hydrogen-bond donors (Lipinski definition) is 0. The van der Waals surface area contributed by atoms with E-state index in [2.05, 4.69) is 43.2 Å². The molecule has 0 spiro atoms. The molecule has 4 heteroatoms. The molecule has 0 amide bonds. The Labute approximate surface area is 124 Å². The highest BCUT2D eigenvalue weighted by atomic mass is 35.5. The van der Waals surface area contributed by atoms with Gasteiger partial charge in [-0.15, -0.1) is 11.6 Å². The number of halogens is 2. The summed E-state index contributed by atoms with van der Waals surface area (Å²) in [5.41, 5.74) is 4.44. The topological polar surface area (TPSA) is 17.8 Å². The van der Waals surface area contributed by atoms with Crippen LogP contribution in [0.2, 0.25) is 5.15 Å². The van der Waals surface area contributed by atoms with Crippen molar-refractivity contribution in [3.05, 3.63) is 51.8 Å². The van der Waals surface area contributed by atoms with E-state index in [4.69, 9.17) is 23.2 Å². The quantitative estimate of drug-likeness (QED) is 0.738. The lowest BCUT2D eigenvalue weighted by atomic mass is 10.1. The van der Waals surface area contributed by atoms with Crippen LogP contribution in [0, 0.1) is 6.92 Å². The second-order valence-electron chi connectivity index (χ2n) is 4.74. The molecule has 0 N–H and O–H groups in total. The van der Waals surface area contributed by atoms with E-state index in [1.165, 1.54) is 11.1 Å². The van der Waals surface area contributed by atoms with Crippen molar-refractivity contribution in [3.8, 4) is 0 Å². The van der Waals surface area contributed by atoms with Crippen molar-refractivity contribution >= 4 is 23.2 Å². The largest absolute Gasteiger partial charge is 0.249 e. The molecule has 2 nitrogen and oxygen atoms in total. The predicted molar refractivity (Wildman–Crippen MR) is 81.1 cm³/mol. The van der Waals surface area contributed by atoms with E-state index >= 15 is 0 Å². The molecule has 1 aromatic heterocycles. The van der Waals surface area contributed by atoms with Crippen molar-refractivity contribution in [3.63, 3.8) is 0 Å². The molecule has 19 heavy (non-hydrogen) atoms. The van der Waals surface area contributed by atoms with E-state index in [1.54, 1.807) is 0 Å². The molecule has 0 aliphatic rings. The summed E-state index contributed by atoms with van der Waals surface area (Å²) in [6.07, 6.45) is 1.96. The minimum Gasteiger partial charge on any atom is -0.249 e. The third kappa shape index (κ3) is 3.31. The van der Waals surface area contributed by atoms with Crippen molar-refractivity contribution < 1.29 is 0 Å². The Morgan fingerprint density at radius 2 is 1.89 bits per heavy atom. The lowest BCUT2D eigenvalue weighted by molar-refractivity contribution is 0.668. The van der Waals surface area contributed by atoms with Crippen molar-refractivity contribution in [2.24, 2.45) is 0 Å². The Morgan fingerprint density at radius 3 is 2.47 bits per heavy atom. The fourth-order valence-corrected chi connectivity index (χ4v) is 2.69. The van der Waals surface area contributed by atoms with Crippen LogP contribution in [0.5, 0.6) is 0 Å². The van der Waals surface area contributed by atoms with Gasteiger partial charge < -0.3 is 0 Å². The summed E-state index contributed by atoms with van der Waals surface area (Å²) < 4.78 is 1.84. The Balaban J connectivity index is 2.27. The summed E-state index contributed by atoms with van der Waals surface area (Å²) in [5.74, 6) is 0.419. The maximum atomic E-state index is 6.36. The maximum absolute atomic E-state index is 6.36. The summed E-state index contributed by atoms with van der Waals surface area (Å²) in [6, 6.07) is 8.41. The highest BCUT2D eigenvalue weighted by Gasteiger charge is 2.14. The minimum absolute atomic E-state index is 0.419. The zero-order chi connectivity index (χ0) is 13.8. The fraction of sp³-hybridized carbons (Fsp3) is 0.400. The Bertz CT molecular complexity index is 544. The van der Waals surface area contributed by atoms with Crippen LogP contribution in [0.3, 0.4) is 0 Å². The van der Waals surface area contributed by atoms with Gasteiger partial charge in [-0.3, -0.25) is 0 Å². The van der Waals surface area contributed by atoms with Gasteiger partial charge in [0.2, 0.25) is 0 Å². The number of aryl methyl sites for hydroxylation is 2. The standard InChI is InChI=1S/C15H18Cl2N2/c1-3-4-14-13(9-16)15(17)19(18-14)10-12-7-5-11(2)6-8-12/h5-8H,3-4,9-10H2,1-2H3. The van der Waals surface area contributed by atoms with Gasteiger partial charge in [0, 0.05) is 5.56 Å². The number of nitrogens with zero attached hydrogens (tertiary/aromatic N) is 2. The van der Waals surface area contributed by atoms with E-state index < -0.39 is 0 Å². The number of alkyl halides is 1. The number of aromatic nitrogens is 2. The first-order chi connectivity index (χ1) is 9.15. The van der Waals surface area contributed by atoms with E-state index in [1.807, 2.05) is 4.68 Å². The van der Waals surface area contributed by atoms with Crippen LogP contribution in [0.15, 0.2) is 24.3 Å². The molecule has 1 aromatic carbocycles. The van der Waals surface area contributed by atoms with Crippen molar-refractivity contribution in [1.82, 2.24) is 9.78 Å². The van der Waals surface area contributed by atoms with Crippen LogP contribution in [0.4, 0.5) is 0 Å². The number of benzene rings is 1. The average Bonchev–Trinajstić information content (AvgIpc) is 2.69. The molecule has 0 unspecified atom stereocenters. The molecule has 1 heterocycles. The van der Waals surface area contributed by atoms with Crippen LogP contribution in [-0.2, 0) is 18.8 Å². The maximum Gasteiger partial charge on any atom is 0.132 e. The SMILES string of the molecule is CCCc1nn(Cc2ccc(C)cc2)c(Cl)c1CCl. The molecule has 2 rings (SSSR count). The van der Waals surface area contributed by atoms with Gasteiger partial charge in [-0.25, -0.2) is 4.68 Å². The first-order valence-electron chi connectivity index (χ1n) is 6.51. The second kappa shape index (κ2) is 6.44. The number of hydrogen-bond acceptors (Lipinski definition) is 1. The normalized spacial score (nSPS) is 10.9. The van der Waals surface area contributed by atoms with Crippen LogP contribution in [-0.4, -0.2) is 9.78 Å². The molecule has 102 valence electrons. The summed E-state index contributed by atoms with van der Waals surface area (Å²) in [5, 5.41) is 5.25. The molecular weight excluding hydrogens is 279 g/mol. The summed E-state index contributed by atoms with van der Waals surface area (Å²) in [7, 11) is 0. The first kappa shape index (κ1) is 14.4. The minimum atomic E-state index is 0.419. The van der Waals surface area contributed by atoms with Crippen molar-refractivity contribution in [2.45, 2.75) is 39.1 Å². The molecule has 0 radical (unpaired) electrons. The number of rotatable bonds is 5. The molecule has 0 saturated carbocycles. The van der Waals surface area contributed by atoms with Crippen LogP contribution in [0.1, 0.15) is 35.7 Å². The molecule has 0 fully saturated rings. The third-order valence-electron chi connectivity index (χ3n) is 3.14. The van der Waals surface area contributed by atoms with Gasteiger partial charge in [0.25, 0.3) is 0 Å². The van der Waals surface area contributed by atoms with Crippen molar-refractivity contribution in [2.75, 3.05) is 0 Å². The fourth-order valence-electron chi connectivity index (χ4n) is 2.07. The van der Waals surface area contributed by atoms with Crippen LogP contribution >= 0.6 is 23.2 Å². The summed E-state index contributed by atoms with van der Waals surface area (Å²) >= 11 is 12.3. The zero-order valence-corrected chi connectivity index (χ0v) is 12.8. The lowest BCUT2D eigenvalue weighted by Crippen LogP contribution is -2.02. The van der Waals surface area contributed by atoms with E-state index in [-0.39, 0.29) is 0 Å². The molecular formula is C15H18Cl2N2.